The molecule has 0 spiro atoms. The number of nitrogens with one attached hydrogen (secondary N) is 2. The van der Waals surface area contributed by atoms with Crippen LogP contribution >= 0.6 is 11.3 Å². The Morgan fingerprint density at radius 3 is 2.54 bits per heavy atom. The topological polar surface area (TPSA) is 153 Å². The number of piperazine rings is 1. The summed E-state index contributed by atoms with van der Waals surface area (Å²) in [6, 6.07) is 8.16. The average Bonchev–Trinajstić information content (AvgIpc) is 3.67. The number of hydrogen-bond acceptors (Lipinski definition) is 7. The van der Waals surface area contributed by atoms with E-state index in [1.165, 1.54) is 11.3 Å². The number of fused-ring (bicyclic) bond motifs is 1. The number of carbonyl (C=O) groups is 4. The van der Waals surface area contributed by atoms with Crippen LogP contribution in [0.15, 0.2) is 41.9 Å². The highest BCUT2D eigenvalue weighted by Crippen LogP contribution is 2.30. The second-order valence-electron chi connectivity index (χ2n) is 11.1. The van der Waals surface area contributed by atoms with Crippen LogP contribution in [0, 0.1) is 11.3 Å². The molecule has 3 atom stereocenters. The van der Waals surface area contributed by atoms with Gasteiger partial charge in [0, 0.05) is 37.6 Å². The number of thiazole rings is 1. The Balaban J connectivity index is 1.20. The van der Waals surface area contributed by atoms with E-state index in [1.54, 1.807) is 21.4 Å². The highest BCUT2D eigenvalue weighted by atomic mass is 32.1. The van der Waals surface area contributed by atoms with Crippen LogP contribution in [-0.2, 0) is 20.8 Å². The fourth-order valence-electron chi connectivity index (χ4n) is 6.24. The van der Waals surface area contributed by atoms with Gasteiger partial charge in [-0.05, 0) is 50.0 Å². The molecule has 0 bridgehead atoms. The number of rotatable bonds is 9. The van der Waals surface area contributed by atoms with Crippen molar-refractivity contribution in [1.29, 1.82) is 5.41 Å². The fourth-order valence-corrected chi connectivity index (χ4v) is 6.87. The summed E-state index contributed by atoms with van der Waals surface area (Å²) in [5.74, 6) is -0.613. The summed E-state index contributed by atoms with van der Waals surface area (Å²) in [6.07, 6.45) is 5.63. The van der Waals surface area contributed by atoms with Gasteiger partial charge in [-0.25, -0.2) is 4.98 Å². The molecule has 0 saturated carbocycles. The summed E-state index contributed by atoms with van der Waals surface area (Å²) in [4.78, 5) is 62.3. The number of amides is 3. The maximum atomic E-state index is 13.6. The third kappa shape index (κ3) is 6.75. The number of nitrogens with two attached hydrogens (primary N) is 1. The van der Waals surface area contributed by atoms with Crippen LogP contribution in [0.5, 0.6) is 0 Å². The highest BCUT2D eigenvalue weighted by Gasteiger charge is 2.46. The fraction of sp³-hybridized carbons (Fsp3) is 0.517. The Kier molecular flexibility index (Phi) is 8.96. The summed E-state index contributed by atoms with van der Waals surface area (Å²) >= 11 is 1.24. The lowest BCUT2D eigenvalue weighted by Gasteiger charge is -2.39. The molecule has 3 aliphatic heterocycles. The zero-order valence-electron chi connectivity index (χ0n) is 23.0. The van der Waals surface area contributed by atoms with E-state index in [4.69, 9.17) is 11.1 Å². The summed E-state index contributed by atoms with van der Waals surface area (Å²) in [5.41, 5.74) is 6.71. The van der Waals surface area contributed by atoms with Crippen LogP contribution in [0.4, 0.5) is 0 Å². The Hall–Kier alpha value is -3.80. The Morgan fingerprint density at radius 1 is 1.10 bits per heavy atom. The van der Waals surface area contributed by atoms with Gasteiger partial charge < -0.3 is 25.8 Å². The van der Waals surface area contributed by atoms with E-state index in [-0.39, 0.29) is 48.0 Å². The second-order valence-corrected chi connectivity index (χ2v) is 12.0. The number of hydrogen-bond donors (Lipinski definition) is 3. The second kappa shape index (κ2) is 12.8. The van der Waals surface area contributed by atoms with Gasteiger partial charge >= 0.3 is 0 Å². The first-order valence-electron chi connectivity index (χ1n) is 14.3. The van der Waals surface area contributed by atoms with Gasteiger partial charge in [-0.2, -0.15) is 0 Å². The smallest absolute Gasteiger partial charge is 0.243 e. The standard InChI is InChI=1S/C29H37N7O4S/c30-29(31)34-13-10-20(11-14-34)16-22(26(39)28-32-12-15-41-28)33-27(40)23-8-7-21-17-35(18-25(38)36(21)23)24(37)9-6-19-4-2-1-3-5-19/h1-5,12,15,20-23H,6-11,13-14,16-18H2,(H3,30,31)(H,33,40). The first-order valence-corrected chi connectivity index (χ1v) is 15.1. The zero-order chi connectivity index (χ0) is 28.9. The van der Waals surface area contributed by atoms with Crippen molar-refractivity contribution in [3.05, 3.63) is 52.5 Å². The molecule has 218 valence electrons. The summed E-state index contributed by atoms with van der Waals surface area (Å²) in [7, 11) is 0. The van der Waals surface area contributed by atoms with Crippen molar-refractivity contribution < 1.29 is 19.2 Å². The predicted octanol–water partition coefficient (Wildman–Crippen LogP) is 1.64. The van der Waals surface area contributed by atoms with Crippen LogP contribution in [-0.4, -0.2) is 93.5 Å². The molecule has 2 aromatic rings. The maximum Gasteiger partial charge on any atom is 0.243 e. The largest absolute Gasteiger partial charge is 0.370 e. The number of nitrogens with zero attached hydrogens (tertiary/aromatic N) is 4. The van der Waals surface area contributed by atoms with E-state index >= 15 is 0 Å². The van der Waals surface area contributed by atoms with Crippen molar-refractivity contribution in [1.82, 2.24) is 25.0 Å². The Bertz CT molecular complexity index is 1260. The van der Waals surface area contributed by atoms with Crippen LogP contribution in [0.25, 0.3) is 0 Å². The zero-order valence-corrected chi connectivity index (χ0v) is 23.9. The van der Waals surface area contributed by atoms with E-state index in [0.29, 0.717) is 56.7 Å². The van der Waals surface area contributed by atoms with Gasteiger partial charge in [0.05, 0.1) is 18.6 Å². The van der Waals surface area contributed by atoms with Crippen molar-refractivity contribution in [3.8, 4) is 0 Å². The molecule has 5 rings (SSSR count). The van der Waals surface area contributed by atoms with Gasteiger partial charge in [0.1, 0.15) is 6.04 Å². The molecule has 4 N–H and O–H groups in total. The lowest BCUT2D eigenvalue weighted by molar-refractivity contribution is -0.151. The van der Waals surface area contributed by atoms with E-state index in [9.17, 15) is 19.2 Å². The third-order valence-electron chi connectivity index (χ3n) is 8.47. The van der Waals surface area contributed by atoms with Crippen LogP contribution in [0.3, 0.4) is 0 Å². The molecule has 0 aliphatic carbocycles. The molecule has 3 saturated heterocycles. The number of benzene rings is 1. The minimum atomic E-state index is -0.752. The lowest BCUT2D eigenvalue weighted by atomic mass is 9.88. The highest BCUT2D eigenvalue weighted by molar-refractivity contribution is 7.11. The Morgan fingerprint density at radius 2 is 1.85 bits per heavy atom. The van der Waals surface area contributed by atoms with Gasteiger partial charge in [-0.15, -0.1) is 11.3 Å². The van der Waals surface area contributed by atoms with Gasteiger partial charge in [-0.1, -0.05) is 30.3 Å². The molecule has 0 radical (unpaired) electrons. The molecular formula is C29H37N7O4S. The first kappa shape index (κ1) is 28.7. The lowest BCUT2D eigenvalue weighted by Crippen LogP contribution is -2.60. The number of carbonyl (C=O) groups excluding carboxylic acids is 4. The van der Waals surface area contributed by atoms with Crippen molar-refractivity contribution in [3.63, 3.8) is 0 Å². The molecular weight excluding hydrogens is 542 g/mol. The number of guanidine groups is 1. The van der Waals surface area contributed by atoms with Crippen molar-refractivity contribution >= 4 is 40.8 Å². The number of piperidine rings is 1. The monoisotopic (exact) mass is 579 g/mol. The third-order valence-corrected chi connectivity index (χ3v) is 9.26. The van der Waals surface area contributed by atoms with Crippen molar-refractivity contribution in [2.45, 2.75) is 63.1 Å². The molecule has 3 unspecified atom stereocenters. The molecule has 1 aromatic heterocycles. The number of aromatic nitrogens is 1. The van der Waals surface area contributed by atoms with Crippen molar-refractivity contribution in [2.24, 2.45) is 11.7 Å². The van der Waals surface area contributed by atoms with Crippen LogP contribution < -0.4 is 11.1 Å². The quantitative estimate of drug-likeness (QED) is 0.232. The van der Waals surface area contributed by atoms with Gasteiger partial charge in [0.25, 0.3) is 0 Å². The van der Waals surface area contributed by atoms with E-state index < -0.39 is 12.1 Å². The van der Waals surface area contributed by atoms with Gasteiger partial charge in [-0.3, -0.25) is 24.6 Å². The minimum absolute atomic E-state index is 0.0376. The molecule has 41 heavy (non-hydrogen) atoms. The van der Waals surface area contributed by atoms with Crippen molar-refractivity contribution in [2.75, 3.05) is 26.2 Å². The minimum Gasteiger partial charge on any atom is -0.370 e. The van der Waals surface area contributed by atoms with E-state index in [2.05, 4.69) is 10.3 Å². The normalized spacial score (nSPS) is 21.9. The van der Waals surface area contributed by atoms with E-state index in [1.807, 2.05) is 35.2 Å². The Labute approximate surface area is 243 Å². The molecule has 3 fully saturated rings. The van der Waals surface area contributed by atoms with Crippen LogP contribution in [0.2, 0.25) is 0 Å². The van der Waals surface area contributed by atoms with Gasteiger partial charge in [0.15, 0.2) is 11.0 Å². The first-order chi connectivity index (χ1) is 19.8. The number of Topliss-reactive ketones (excluding diaryl/α,β-unsaturated/α-hetero) is 1. The van der Waals surface area contributed by atoms with E-state index in [0.717, 1.165) is 18.4 Å². The predicted molar refractivity (Wildman–Crippen MR) is 154 cm³/mol. The molecule has 11 nitrogen and oxygen atoms in total. The maximum absolute atomic E-state index is 13.6. The van der Waals surface area contributed by atoms with Crippen LogP contribution in [0.1, 0.15) is 53.9 Å². The summed E-state index contributed by atoms with van der Waals surface area (Å²) in [6.45, 7) is 1.65. The molecule has 3 amide bonds. The number of likely N-dealkylation sites (tertiary alicyclic amines) is 1. The summed E-state index contributed by atoms with van der Waals surface area (Å²) in [5, 5.41) is 12.7. The van der Waals surface area contributed by atoms with Gasteiger partial charge in [0.2, 0.25) is 23.5 Å². The molecule has 3 aliphatic rings. The number of ketones is 1. The molecule has 1 aromatic carbocycles. The molecule has 12 heteroatoms. The SMILES string of the molecule is N=C(N)N1CCC(CC(NC(=O)C2CCC3CN(C(=O)CCc4ccccc4)CC(=O)N32)C(=O)c2nccs2)CC1. The number of aryl methyl sites for hydroxylation is 1. The molecule has 4 heterocycles. The average molecular weight is 580 g/mol. The summed E-state index contributed by atoms with van der Waals surface area (Å²) < 4.78 is 0.